The average Bonchev–Trinajstić information content (AvgIpc) is 3.09. The highest BCUT2D eigenvalue weighted by molar-refractivity contribution is 5.76. The number of amides is 2. The van der Waals surface area contributed by atoms with Crippen LogP contribution in [0, 0.1) is 0 Å². The molecule has 2 aliphatic heterocycles. The number of nitrogens with zero attached hydrogens (tertiary/aromatic N) is 1. The summed E-state index contributed by atoms with van der Waals surface area (Å²) in [5.74, 6) is -0.516. The van der Waals surface area contributed by atoms with Gasteiger partial charge in [-0.15, -0.1) is 0 Å². The third-order valence-corrected chi connectivity index (χ3v) is 8.30. The van der Waals surface area contributed by atoms with Crippen molar-refractivity contribution in [2.75, 3.05) is 32.8 Å². The number of rotatable bonds is 13. The van der Waals surface area contributed by atoms with Gasteiger partial charge in [0.2, 0.25) is 11.8 Å². The molecule has 2 heterocycles. The second-order valence-electron chi connectivity index (χ2n) is 11.6. The van der Waals surface area contributed by atoms with Gasteiger partial charge in [-0.3, -0.25) is 19.7 Å². The van der Waals surface area contributed by atoms with E-state index in [1.807, 2.05) is 42.5 Å². The van der Waals surface area contributed by atoms with E-state index in [-0.39, 0.29) is 31.1 Å². The number of aliphatic hydroxyl groups is 1. The van der Waals surface area contributed by atoms with E-state index in [1.54, 1.807) is 5.48 Å². The molecule has 0 radical (unpaired) electrons. The van der Waals surface area contributed by atoms with E-state index in [4.69, 9.17) is 19.4 Å². The van der Waals surface area contributed by atoms with E-state index >= 15 is 0 Å². The summed E-state index contributed by atoms with van der Waals surface area (Å²) in [6.45, 7) is 4.50. The van der Waals surface area contributed by atoms with Gasteiger partial charge >= 0.3 is 0 Å². The average molecular weight is 618 g/mol. The zero-order valence-corrected chi connectivity index (χ0v) is 25.5. The summed E-state index contributed by atoms with van der Waals surface area (Å²) in [5, 5.41) is 21.0. The van der Waals surface area contributed by atoms with Crippen molar-refractivity contribution < 1.29 is 34.1 Å². The standard InChI is InChI=1S/C35H43N3O7/c39-24-25-8-10-28(11-9-25)32-21-31(23-38-16-18-43-19-17-38)44-35(45-32)29-14-12-27(13-15-29)30-5-3-4-26(20-30)22-36-33(40)6-1-2-7-34(41)37-42/h3-5,8-15,20,31-32,35,39,42H,1-2,6-7,16-19,21-24H2,(H,36,40)(H,37,41)/t31-,32+,35+/m0/s1. The molecule has 0 bridgehead atoms. The molecular weight excluding hydrogens is 574 g/mol. The molecule has 4 N–H and O–H groups in total. The van der Waals surface area contributed by atoms with Crippen LogP contribution in [-0.2, 0) is 37.0 Å². The van der Waals surface area contributed by atoms with Crippen LogP contribution in [0.25, 0.3) is 11.1 Å². The lowest BCUT2D eigenvalue weighted by atomic mass is 9.99. The lowest BCUT2D eigenvalue weighted by molar-refractivity contribution is -0.253. The van der Waals surface area contributed by atoms with E-state index in [2.05, 4.69) is 40.5 Å². The zero-order chi connectivity index (χ0) is 31.4. The van der Waals surface area contributed by atoms with Gasteiger partial charge in [0.15, 0.2) is 6.29 Å². The molecule has 3 aromatic carbocycles. The highest BCUT2D eigenvalue weighted by atomic mass is 16.7. The van der Waals surface area contributed by atoms with Gasteiger partial charge in [0.1, 0.15) is 0 Å². The molecule has 240 valence electrons. The number of morpholine rings is 1. The molecule has 2 saturated heterocycles. The minimum atomic E-state index is -0.513. The molecule has 45 heavy (non-hydrogen) atoms. The van der Waals surface area contributed by atoms with Gasteiger partial charge in [0.25, 0.3) is 0 Å². The number of benzene rings is 3. The number of nitrogens with one attached hydrogen (secondary N) is 2. The quantitative estimate of drug-likeness (QED) is 0.126. The molecule has 2 fully saturated rings. The maximum Gasteiger partial charge on any atom is 0.243 e. The number of hydroxylamine groups is 1. The molecule has 3 aromatic rings. The monoisotopic (exact) mass is 617 g/mol. The van der Waals surface area contributed by atoms with E-state index in [1.165, 1.54) is 0 Å². The first kappa shape index (κ1) is 32.7. The molecule has 10 heteroatoms. The molecule has 0 saturated carbocycles. The molecule has 0 spiro atoms. The van der Waals surface area contributed by atoms with Crippen molar-refractivity contribution in [3.05, 3.63) is 95.1 Å². The lowest BCUT2D eigenvalue weighted by Crippen LogP contribution is -2.44. The van der Waals surface area contributed by atoms with Gasteiger partial charge < -0.3 is 24.6 Å². The molecule has 0 aliphatic carbocycles. The maximum atomic E-state index is 12.2. The van der Waals surface area contributed by atoms with Gasteiger partial charge in [0, 0.05) is 51.0 Å². The van der Waals surface area contributed by atoms with Crippen LogP contribution in [0.4, 0.5) is 0 Å². The SMILES string of the molecule is O=C(CCCCC(=O)NCc1cccc(-c2ccc([C@@H]3O[C@H](CN4CCOCC4)C[C@H](c4ccc(CO)cc4)O3)cc2)c1)NO. The summed E-state index contributed by atoms with van der Waals surface area (Å²) in [4.78, 5) is 25.7. The Kier molecular flexibility index (Phi) is 12.1. The van der Waals surface area contributed by atoms with Crippen LogP contribution in [0.15, 0.2) is 72.8 Å². The Hall–Kier alpha value is -3.64. The first-order valence-corrected chi connectivity index (χ1v) is 15.7. The minimum Gasteiger partial charge on any atom is -0.392 e. The van der Waals surface area contributed by atoms with Gasteiger partial charge in [-0.2, -0.15) is 0 Å². The molecule has 5 rings (SSSR count). The summed E-state index contributed by atoms with van der Waals surface area (Å²) >= 11 is 0. The van der Waals surface area contributed by atoms with Crippen molar-refractivity contribution in [1.82, 2.24) is 15.7 Å². The predicted octanol–water partition coefficient (Wildman–Crippen LogP) is 4.41. The fourth-order valence-corrected chi connectivity index (χ4v) is 5.71. The Bertz CT molecular complexity index is 1380. The van der Waals surface area contributed by atoms with E-state index in [0.717, 1.165) is 72.6 Å². The molecular formula is C35H43N3O7. The number of aliphatic hydroxyl groups excluding tert-OH is 1. The van der Waals surface area contributed by atoms with Gasteiger partial charge in [-0.1, -0.05) is 66.7 Å². The number of unbranched alkanes of at least 4 members (excludes halogenated alkanes) is 1. The largest absolute Gasteiger partial charge is 0.392 e. The Balaban J connectivity index is 1.21. The predicted molar refractivity (Wildman–Crippen MR) is 168 cm³/mol. The Labute approximate surface area is 264 Å². The second-order valence-corrected chi connectivity index (χ2v) is 11.6. The minimum absolute atomic E-state index is 0.00372. The van der Waals surface area contributed by atoms with Gasteiger partial charge in [-0.25, -0.2) is 5.48 Å². The summed E-state index contributed by atoms with van der Waals surface area (Å²) in [7, 11) is 0. The number of hydrogen-bond acceptors (Lipinski definition) is 8. The van der Waals surface area contributed by atoms with Gasteiger partial charge in [0.05, 0.1) is 32.0 Å². The zero-order valence-electron chi connectivity index (χ0n) is 25.5. The van der Waals surface area contributed by atoms with Crippen molar-refractivity contribution in [3.63, 3.8) is 0 Å². The van der Waals surface area contributed by atoms with Crippen LogP contribution < -0.4 is 10.8 Å². The third-order valence-electron chi connectivity index (χ3n) is 8.30. The lowest BCUT2D eigenvalue weighted by Gasteiger charge is -2.39. The number of hydrogen-bond donors (Lipinski definition) is 4. The van der Waals surface area contributed by atoms with Crippen LogP contribution in [0.2, 0.25) is 0 Å². The topological polar surface area (TPSA) is 130 Å². The van der Waals surface area contributed by atoms with Crippen LogP contribution >= 0.6 is 0 Å². The number of carbonyl (C=O) groups excluding carboxylic acids is 2. The molecule has 0 aromatic heterocycles. The van der Waals surface area contributed by atoms with E-state index in [9.17, 15) is 14.7 Å². The van der Waals surface area contributed by atoms with Crippen LogP contribution in [0.1, 0.15) is 66.8 Å². The Morgan fingerprint density at radius 1 is 0.822 bits per heavy atom. The van der Waals surface area contributed by atoms with Gasteiger partial charge in [-0.05, 0) is 46.7 Å². The summed E-state index contributed by atoms with van der Waals surface area (Å²) < 4.78 is 18.6. The first-order valence-electron chi connectivity index (χ1n) is 15.7. The molecule has 2 amide bonds. The molecule has 10 nitrogen and oxygen atoms in total. The normalized spacial score (nSPS) is 20.4. The highest BCUT2D eigenvalue weighted by Gasteiger charge is 2.33. The molecule has 2 aliphatic rings. The van der Waals surface area contributed by atoms with Crippen molar-refractivity contribution >= 4 is 11.8 Å². The van der Waals surface area contributed by atoms with Crippen LogP contribution in [0.3, 0.4) is 0 Å². The van der Waals surface area contributed by atoms with Crippen molar-refractivity contribution in [1.29, 1.82) is 0 Å². The number of ether oxygens (including phenoxy) is 3. The Morgan fingerprint density at radius 2 is 1.53 bits per heavy atom. The van der Waals surface area contributed by atoms with E-state index < -0.39 is 12.2 Å². The summed E-state index contributed by atoms with van der Waals surface area (Å²) in [5.41, 5.74) is 7.57. The van der Waals surface area contributed by atoms with Crippen molar-refractivity contribution in [2.24, 2.45) is 0 Å². The summed E-state index contributed by atoms with van der Waals surface area (Å²) in [6.07, 6.45) is 1.73. The van der Waals surface area contributed by atoms with Crippen LogP contribution in [0.5, 0.6) is 0 Å². The van der Waals surface area contributed by atoms with Crippen molar-refractivity contribution in [3.8, 4) is 11.1 Å². The third kappa shape index (κ3) is 9.67. The highest BCUT2D eigenvalue weighted by Crippen LogP contribution is 2.38. The van der Waals surface area contributed by atoms with Crippen molar-refractivity contribution in [2.45, 2.75) is 63.8 Å². The number of carbonyl (C=O) groups is 2. The molecule has 0 unspecified atom stereocenters. The first-order chi connectivity index (χ1) is 22.0. The second kappa shape index (κ2) is 16.6. The van der Waals surface area contributed by atoms with Crippen LogP contribution in [-0.4, -0.2) is 66.0 Å². The maximum absolute atomic E-state index is 12.2. The fraction of sp³-hybridized carbons (Fsp3) is 0.429. The molecule has 3 atom stereocenters. The van der Waals surface area contributed by atoms with E-state index in [0.29, 0.717) is 25.8 Å². The Morgan fingerprint density at radius 3 is 2.24 bits per heavy atom. The fourth-order valence-electron chi connectivity index (χ4n) is 5.71. The smallest absolute Gasteiger partial charge is 0.243 e. The summed E-state index contributed by atoms with van der Waals surface area (Å²) in [6, 6.07) is 24.3.